The highest BCUT2D eigenvalue weighted by molar-refractivity contribution is 9.10. The lowest BCUT2D eigenvalue weighted by molar-refractivity contribution is -0.384. The Labute approximate surface area is 145 Å². The first-order valence-corrected chi connectivity index (χ1v) is 7.64. The molecule has 0 spiro atoms. The zero-order chi connectivity index (χ0) is 17.1. The van der Waals surface area contributed by atoms with Crippen LogP contribution in [0.3, 0.4) is 0 Å². The third-order valence-corrected chi connectivity index (χ3v) is 4.08. The molecule has 0 unspecified atom stereocenters. The second-order valence-electron chi connectivity index (χ2n) is 4.80. The van der Waals surface area contributed by atoms with Gasteiger partial charge in [0.25, 0.3) is 5.69 Å². The van der Waals surface area contributed by atoms with E-state index in [1.54, 1.807) is 6.07 Å². The predicted octanol–water partition coefficient (Wildman–Crippen LogP) is 5.24. The number of halogens is 2. The van der Waals surface area contributed by atoms with E-state index >= 15 is 0 Å². The Kier molecular flexibility index (Phi) is 5.23. The molecular weight excluding hydrogens is 388 g/mol. The molecule has 0 heterocycles. The van der Waals surface area contributed by atoms with E-state index in [2.05, 4.69) is 21.2 Å². The molecule has 0 saturated carbocycles. The molecule has 0 atom stereocenters. The number of anilines is 1. The van der Waals surface area contributed by atoms with E-state index in [1.807, 2.05) is 19.9 Å². The largest absolute Gasteiger partial charge is 0.417 e. The van der Waals surface area contributed by atoms with Crippen LogP contribution in [0.4, 0.5) is 16.2 Å². The van der Waals surface area contributed by atoms with Crippen molar-refractivity contribution < 1.29 is 14.5 Å². The van der Waals surface area contributed by atoms with Crippen molar-refractivity contribution in [2.24, 2.45) is 0 Å². The number of non-ortho nitro benzene ring substituents is 1. The summed E-state index contributed by atoms with van der Waals surface area (Å²) in [7, 11) is 0. The van der Waals surface area contributed by atoms with Crippen LogP contribution in [0.25, 0.3) is 0 Å². The summed E-state index contributed by atoms with van der Waals surface area (Å²) in [5.41, 5.74) is 2.10. The highest BCUT2D eigenvalue weighted by Crippen LogP contribution is 2.30. The number of hydrogen-bond acceptors (Lipinski definition) is 4. The molecule has 1 N–H and O–H groups in total. The number of nitro groups is 1. The van der Waals surface area contributed by atoms with E-state index in [-0.39, 0.29) is 16.4 Å². The van der Waals surface area contributed by atoms with Gasteiger partial charge in [0.1, 0.15) is 5.75 Å². The van der Waals surface area contributed by atoms with Crippen LogP contribution in [-0.4, -0.2) is 11.0 Å². The lowest BCUT2D eigenvalue weighted by Crippen LogP contribution is -2.17. The summed E-state index contributed by atoms with van der Waals surface area (Å²) in [5.74, 6) is 0.364. The number of nitrogens with zero attached hydrogens (tertiary/aromatic N) is 1. The maximum atomic E-state index is 12.0. The van der Waals surface area contributed by atoms with Gasteiger partial charge >= 0.3 is 6.09 Å². The van der Waals surface area contributed by atoms with Gasteiger partial charge in [-0.2, -0.15) is 0 Å². The van der Waals surface area contributed by atoms with Crippen LogP contribution in [0.1, 0.15) is 11.1 Å². The maximum absolute atomic E-state index is 12.0. The van der Waals surface area contributed by atoms with Crippen molar-refractivity contribution in [3.63, 3.8) is 0 Å². The number of carbonyl (C=O) groups excluding carboxylic acids is 1. The molecule has 0 saturated heterocycles. The molecule has 0 radical (unpaired) electrons. The quantitative estimate of drug-likeness (QED) is 0.565. The Morgan fingerprint density at radius 1 is 1.26 bits per heavy atom. The standard InChI is InChI=1S/C15H12BrClN2O4/c1-8-5-11(16)14(6-9(8)2)23-15(20)18-13-4-3-10(19(21)22)7-12(13)17/h3-7H,1-2H3,(H,18,20). The molecule has 2 aromatic rings. The van der Waals surface area contributed by atoms with Gasteiger partial charge in [-0.15, -0.1) is 0 Å². The molecule has 2 aromatic carbocycles. The highest BCUT2D eigenvalue weighted by atomic mass is 79.9. The first kappa shape index (κ1) is 17.2. The summed E-state index contributed by atoms with van der Waals surface area (Å²) in [4.78, 5) is 22.0. The second kappa shape index (κ2) is 6.97. The Balaban J connectivity index is 2.14. The van der Waals surface area contributed by atoms with Crippen molar-refractivity contribution in [2.45, 2.75) is 13.8 Å². The van der Waals surface area contributed by atoms with E-state index in [1.165, 1.54) is 12.1 Å². The molecule has 23 heavy (non-hydrogen) atoms. The minimum Gasteiger partial charge on any atom is -0.409 e. The zero-order valence-electron chi connectivity index (χ0n) is 12.2. The van der Waals surface area contributed by atoms with Gasteiger partial charge in [-0.05, 0) is 59.1 Å². The molecule has 1 amide bonds. The van der Waals surface area contributed by atoms with Crippen molar-refractivity contribution in [3.8, 4) is 5.75 Å². The highest BCUT2D eigenvalue weighted by Gasteiger charge is 2.14. The second-order valence-corrected chi connectivity index (χ2v) is 6.06. The monoisotopic (exact) mass is 398 g/mol. The van der Waals surface area contributed by atoms with Gasteiger partial charge in [-0.3, -0.25) is 15.4 Å². The first-order valence-electron chi connectivity index (χ1n) is 6.47. The van der Waals surface area contributed by atoms with Crippen LogP contribution in [0.5, 0.6) is 5.75 Å². The van der Waals surface area contributed by atoms with Gasteiger partial charge in [0.15, 0.2) is 0 Å². The number of nitrogens with one attached hydrogen (secondary N) is 1. The summed E-state index contributed by atoms with van der Waals surface area (Å²) >= 11 is 9.24. The van der Waals surface area contributed by atoms with Gasteiger partial charge in [0.05, 0.1) is 20.1 Å². The van der Waals surface area contributed by atoms with Crippen LogP contribution >= 0.6 is 27.5 Å². The molecule has 120 valence electrons. The summed E-state index contributed by atoms with van der Waals surface area (Å²) in [6.45, 7) is 3.85. The van der Waals surface area contributed by atoms with Crippen LogP contribution in [0.15, 0.2) is 34.8 Å². The fourth-order valence-electron chi connectivity index (χ4n) is 1.79. The minimum atomic E-state index is -0.746. The van der Waals surface area contributed by atoms with Crippen molar-refractivity contribution in [1.82, 2.24) is 0 Å². The number of aryl methyl sites for hydroxylation is 2. The lowest BCUT2D eigenvalue weighted by Gasteiger charge is -2.11. The average molecular weight is 400 g/mol. The van der Waals surface area contributed by atoms with E-state index < -0.39 is 11.0 Å². The Morgan fingerprint density at radius 2 is 1.91 bits per heavy atom. The van der Waals surface area contributed by atoms with Gasteiger partial charge in [-0.25, -0.2) is 4.79 Å². The van der Waals surface area contributed by atoms with Crippen LogP contribution in [0, 0.1) is 24.0 Å². The number of benzene rings is 2. The fourth-order valence-corrected chi connectivity index (χ4v) is 2.55. The van der Waals surface area contributed by atoms with Gasteiger partial charge in [0.2, 0.25) is 0 Å². The lowest BCUT2D eigenvalue weighted by atomic mass is 10.1. The van der Waals surface area contributed by atoms with Crippen molar-refractivity contribution in [2.75, 3.05) is 5.32 Å². The first-order chi connectivity index (χ1) is 10.8. The SMILES string of the molecule is Cc1cc(Br)c(OC(=O)Nc2ccc([N+](=O)[O-])cc2Cl)cc1C. The summed E-state index contributed by atoms with van der Waals surface area (Å²) in [5, 5.41) is 13.2. The average Bonchev–Trinajstić information content (AvgIpc) is 2.46. The van der Waals surface area contributed by atoms with Crippen molar-refractivity contribution >= 4 is 45.0 Å². The normalized spacial score (nSPS) is 10.3. The molecule has 2 rings (SSSR count). The maximum Gasteiger partial charge on any atom is 0.417 e. The fraction of sp³-hybridized carbons (Fsp3) is 0.133. The number of hydrogen-bond donors (Lipinski definition) is 1. The number of rotatable bonds is 3. The molecule has 6 nitrogen and oxygen atoms in total. The Morgan fingerprint density at radius 3 is 2.52 bits per heavy atom. The third-order valence-electron chi connectivity index (χ3n) is 3.15. The molecule has 0 aromatic heterocycles. The molecule has 0 aliphatic heterocycles. The summed E-state index contributed by atoms with van der Waals surface area (Å²) in [6, 6.07) is 7.32. The number of carbonyl (C=O) groups is 1. The van der Waals surface area contributed by atoms with Crippen molar-refractivity contribution in [3.05, 3.63) is 61.1 Å². The van der Waals surface area contributed by atoms with Crippen molar-refractivity contribution in [1.29, 1.82) is 0 Å². The molecule has 0 fully saturated rings. The summed E-state index contributed by atoms with van der Waals surface area (Å²) in [6.07, 6.45) is -0.746. The number of nitro benzene ring substituents is 1. The molecule has 0 aliphatic carbocycles. The van der Waals surface area contributed by atoms with Gasteiger partial charge < -0.3 is 4.74 Å². The van der Waals surface area contributed by atoms with Crippen LogP contribution < -0.4 is 10.1 Å². The molecule has 0 aliphatic rings. The van der Waals surface area contributed by atoms with E-state index in [0.717, 1.165) is 17.2 Å². The molecule has 0 bridgehead atoms. The van der Waals surface area contributed by atoms with E-state index in [9.17, 15) is 14.9 Å². The number of amides is 1. The predicted molar refractivity (Wildman–Crippen MR) is 91.4 cm³/mol. The number of ether oxygens (including phenoxy) is 1. The van der Waals surface area contributed by atoms with Crippen LogP contribution in [0.2, 0.25) is 5.02 Å². The Hall–Kier alpha value is -2.12. The summed E-state index contributed by atoms with van der Waals surface area (Å²) < 4.78 is 5.87. The third kappa shape index (κ3) is 4.20. The molecule has 8 heteroatoms. The molecular formula is C15H12BrClN2O4. The smallest absolute Gasteiger partial charge is 0.409 e. The van der Waals surface area contributed by atoms with E-state index in [4.69, 9.17) is 16.3 Å². The zero-order valence-corrected chi connectivity index (χ0v) is 14.6. The minimum absolute atomic E-state index is 0.0512. The Bertz CT molecular complexity index is 795. The van der Waals surface area contributed by atoms with Gasteiger partial charge in [0, 0.05) is 12.1 Å². The van der Waals surface area contributed by atoms with Gasteiger partial charge in [-0.1, -0.05) is 11.6 Å². The van der Waals surface area contributed by atoms with E-state index in [0.29, 0.717) is 10.2 Å². The topological polar surface area (TPSA) is 81.5 Å². The van der Waals surface area contributed by atoms with Crippen LogP contribution in [-0.2, 0) is 0 Å².